The minimum atomic E-state index is -4.55. The van der Waals surface area contributed by atoms with Crippen LogP contribution in [0.5, 0.6) is 0 Å². The Balaban J connectivity index is 2.32. The van der Waals surface area contributed by atoms with Gasteiger partial charge in [-0.1, -0.05) is 11.6 Å². The Morgan fingerprint density at radius 1 is 1.30 bits per heavy atom. The molecule has 0 N–H and O–H groups in total. The van der Waals surface area contributed by atoms with Crippen LogP contribution in [0.3, 0.4) is 0 Å². The fourth-order valence-electron chi connectivity index (χ4n) is 2.26. The lowest BCUT2D eigenvalue weighted by Gasteiger charge is -2.30. The van der Waals surface area contributed by atoms with Crippen molar-refractivity contribution >= 4 is 17.3 Å². The van der Waals surface area contributed by atoms with Crippen LogP contribution in [0.2, 0.25) is 5.02 Å². The summed E-state index contributed by atoms with van der Waals surface area (Å²) in [6, 6.07) is 1.99. The second kappa shape index (κ2) is 5.04. The molecule has 0 spiro atoms. The second-order valence-electron chi connectivity index (χ2n) is 4.56. The minimum Gasteiger partial charge on any atom is -0.367 e. The molecule has 2 nitrogen and oxygen atoms in total. The lowest BCUT2D eigenvalue weighted by molar-refractivity contribution is -0.260. The summed E-state index contributed by atoms with van der Waals surface area (Å²) in [6.45, 7) is -0.532. The summed E-state index contributed by atoms with van der Waals surface area (Å²) >= 11 is 5.65. The van der Waals surface area contributed by atoms with Crippen LogP contribution >= 0.6 is 11.6 Å². The molecule has 1 aromatic rings. The Morgan fingerprint density at radius 3 is 2.45 bits per heavy atom. The van der Waals surface area contributed by atoms with Crippen molar-refractivity contribution in [2.24, 2.45) is 0 Å². The fraction of sp³-hybridized carbons (Fsp3) is 0.500. The van der Waals surface area contributed by atoms with Gasteiger partial charge < -0.3 is 9.64 Å². The third kappa shape index (κ3) is 2.33. The van der Waals surface area contributed by atoms with E-state index in [1.54, 1.807) is 0 Å². The van der Waals surface area contributed by atoms with Crippen LogP contribution in [-0.2, 0) is 4.74 Å². The van der Waals surface area contributed by atoms with E-state index >= 15 is 0 Å². The lowest BCUT2D eigenvalue weighted by Crippen LogP contribution is -2.49. The molecule has 0 radical (unpaired) electrons. The first kappa shape index (κ1) is 15.3. The first-order chi connectivity index (χ1) is 9.22. The van der Waals surface area contributed by atoms with Crippen molar-refractivity contribution in [3.63, 3.8) is 0 Å². The smallest absolute Gasteiger partial charge is 0.367 e. The number of alkyl halides is 3. The molecule has 0 bridgehead atoms. The van der Waals surface area contributed by atoms with Gasteiger partial charge in [-0.05, 0) is 12.1 Å². The number of hydrogen-bond donors (Lipinski definition) is 0. The molecule has 0 saturated carbocycles. The van der Waals surface area contributed by atoms with Gasteiger partial charge >= 0.3 is 6.18 Å². The molecule has 1 atom stereocenters. The zero-order valence-corrected chi connectivity index (χ0v) is 11.2. The summed E-state index contributed by atoms with van der Waals surface area (Å²) in [5.41, 5.74) is -2.30. The monoisotopic (exact) mass is 315 g/mol. The van der Waals surface area contributed by atoms with E-state index in [2.05, 4.69) is 4.74 Å². The predicted molar refractivity (Wildman–Crippen MR) is 64.0 cm³/mol. The third-order valence-electron chi connectivity index (χ3n) is 3.49. The van der Waals surface area contributed by atoms with Crippen LogP contribution in [0, 0.1) is 11.6 Å². The SMILES string of the molecule is COC1(C(F)(F)F)CCN(c2ccc(F)c(F)c2Cl)C1. The van der Waals surface area contributed by atoms with Gasteiger partial charge in [0, 0.05) is 20.1 Å². The summed E-state index contributed by atoms with van der Waals surface area (Å²) in [6.07, 6.45) is -4.86. The van der Waals surface area contributed by atoms with Gasteiger partial charge in [0.15, 0.2) is 17.2 Å². The lowest BCUT2D eigenvalue weighted by atomic mass is 10.0. The molecule has 112 valence electrons. The highest BCUT2D eigenvalue weighted by Crippen LogP contribution is 2.43. The first-order valence-electron chi connectivity index (χ1n) is 5.72. The quantitative estimate of drug-likeness (QED) is 0.608. The maximum Gasteiger partial charge on any atom is 0.419 e. The Hall–Kier alpha value is -1.08. The van der Waals surface area contributed by atoms with Gasteiger partial charge in [0.2, 0.25) is 0 Å². The van der Waals surface area contributed by atoms with Crippen molar-refractivity contribution in [2.45, 2.75) is 18.2 Å². The van der Waals surface area contributed by atoms with E-state index in [9.17, 15) is 22.0 Å². The fourth-order valence-corrected chi connectivity index (χ4v) is 2.53. The van der Waals surface area contributed by atoms with E-state index in [-0.39, 0.29) is 18.7 Å². The molecule has 0 aliphatic carbocycles. The van der Waals surface area contributed by atoms with Crippen LogP contribution in [0.15, 0.2) is 12.1 Å². The van der Waals surface area contributed by atoms with Crippen molar-refractivity contribution in [1.82, 2.24) is 0 Å². The van der Waals surface area contributed by atoms with E-state index in [0.717, 1.165) is 19.2 Å². The van der Waals surface area contributed by atoms with Gasteiger partial charge in [-0.2, -0.15) is 13.2 Å². The molecule has 1 aliphatic rings. The van der Waals surface area contributed by atoms with Crippen molar-refractivity contribution < 1.29 is 26.7 Å². The molecule has 0 amide bonds. The average molecular weight is 316 g/mol. The zero-order valence-electron chi connectivity index (χ0n) is 10.4. The summed E-state index contributed by atoms with van der Waals surface area (Å²) in [7, 11) is 0.976. The Morgan fingerprint density at radius 2 is 1.95 bits per heavy atom. The maximum absolute atomic E-state index is 13.4. The average Bonchev–Trinajstić information content (AvgIpc) is 2.81. The molecule has 1 saturated heterocycles. The predicted octanol–water partition coefficient (Wildman–Crippen LogP) is 3.78. The molecule has 1 fully saturated rings. The highest BCUT2D eigenvalue weighted by atomic mass is 35.5. The van der Waals surface area contributed by atoms with Crippen LogP contribution in [0.25, 0.3) is 0 Å². The molecule has 2 rings (SSSR count). The molecule has 20 heavy (non-hydrogen) atoms. The number of hydrogen-bond acceptors (Lipinski definition) is 2. The van der Waals surface area contributed by atoms with Gasteiger partial charge in [0.25, 0.3) is 0 Å². The number of methoxy groups -OCH3 is 1. The maximum atomic E-state index is 13.4. The van der Waals surface area contributed by atoms with E-state index < -0.39 is 35.0 Å². The molecule has 1 heterocycles. The first-order valence-corrected chi connectivity index (χ1v) is 6.10. The van der Waals surface area contributed by atoms with Gasteiger partial charge in [0.1, 0.15) is 5.02 Å². The van der Waals surface area contributed by atoms with Crippen molar-refractivity contribution in [3.8, 4) is 0 Å². The number of nitrogens with zero attached hydrogens (tertiary/aromatic N) is 1. The molecular formula is C12H11ClF5NO. The number of rotatable bonds is 2. The normalized spacial score (nSPS) is 23.4. The van der Waals surface area contributed by atoms with E-state index in [0.29, 0.717) is 0 Å². The summed E-state index contributed by atoms with van der Waals surface area (Å²) in [4.78, 5) is 1.24. The van der Waals surface area contributed by atoms with Crippen molar-refractivity contribution in [3.05, 3.63) is 28.8 Å². The molecule has 8 heteroatoms. The van der Waals surface area contributed by atoms with Gasteiger partial charge in [-0.25, -0.2) is 8.78 Å². The topological polar surface area (TPSA) is 12.5 Å². The Bertz CT molecular complexity index is 521. The highest BCUT2D eigenvalue weighted by molar-refractivity contribution is 6.33. The van der Waals surface area contributed by atoms with Crippen LogP contribution in [-0.4, -0.2) is 32.0 Å². The van der Waals surface area contributed by atoms with Gasteiger partial charge in [-0.3, -0.25) is 0 Å². The number of benzene rings is 1. The second-order valence-corrected chi connectivity index (χ2v) is 4.94. The molecular weight excluding hydrogens is 305 g/mol. The van der Waals surface area contributed by atoms with Gasteiger partial charge in [-0.15, -0.1) is 0 Å². The zero-order chi connectivity index (χ0) is 15.1. The number of anilines is 1. The van der Waals surface area contributed by atoms with Crippen LogP contribution in [0.1, 0.15) is 6.42 Å². The number of ether oxygens (including phenoxy) is 1. The minimum absolute atomic E-state index is 0.0157. The third-order valence-corrected chi connectivity index (χ3v) is 3.85. The summed E-state index contributed by atoms with van der Waals surface area (Å²) in [5, 5.41) is -0.529. The highest BCUT2D eigenvalue weighted by Gasteiger charge is 2.59. The van der Waals surface area contributed by atoms with Crippen molar-refractivity contribution in [2.75, 3.05) is 25.1 Å². The number of halogens is 6. The molecule has 1 aliphatic heterocycles. The van der Waals surface area contributed by atoms with Crippen LogP contribution in [0.4, 0.5) is 27.6 Å². The van der Waals surface area contributed by atoms with Crippen LogP contribution < -0.4 is 4.90 Å². The summed E-state index contributed by atoms with van der Waals surface area (Å²) in [5.74, 6) is -2.42. The Labute approximate surface area is 117 Å². The van der Waals surface area contributed by atoms with E-state index in [1.165, 1.54) is 4.90 Å². The largest absolute Gasteiger partial charge is 0.419 e. The standard InChI is InChI=1S/C12H11ClF5NO/c1-20-11(12(16,17)18)4-5-19(6-11)8-3-2-7(14)10(15)9(8)13/h2-3H,4-6H2,1H3. The van der Waals surface area contributed by atoms with E-state index in [1.807, 2.05) is 0 Å². The molecule has 1 aromatic carbocycles. The van der Waals surface area contributed by atoms with Crippen molar-refractivity contribution in [1.29, 1.82) is 0 Å². The van der Waals surface area contributed by atoms with Gasteiger partial charge in [0.05, 0.1) is 12.2 Å². The Kier molecular flexibility index (Phi) is 3.85. The molecule has 1 unspecified atom stereocenters. The molecule has 0 aromatic heterocycles. The van der Waals surface area contributed by atoms with E-state index in [4.69, 9.17) is 11.6 Å². The summed E-state index contributed by atoms with van der Waals surface area (Å²) < 4.78 is 70.1.